The van der Waals surface area contributed by atoms with E-state index in [1.54, 1.807) is 0 Å². The molecular formula is C15H11FN2O5. The van der Waals surface area contributed by atoms with E-state index >= 15 is 0 Å². The van der Waals surface area contributed by atoms with E-state index in [1.807, 2.05) is 0 Å². The van der Waals surface area contributed by atoms with Gasteiger partial charge in [-0.25, -0.2) is 9.18 Å². The molecule has 0 atom stereocenters. The molecule has 2 rings (SSSR count). The van der Waals surface area contributed by atoms with E-state index in [2.05, 4.69) is 10.1 Å². The van der Waals surface area contributed by atoms with Crippen molar-refractivity contribution in [3.8, 4) is 0 Å². The van der Waals surface area contributed by atoms with Crippen LogP contribution in [0.5, 0.6) is 0 Å². The minimum atomic E-state index is -0.825. The van der Waals surface area contributed by atoms with Crippen molar-refractivity contribution in [1.82, 2.24) is 0 Å². The second-order valence-electron chi connectivity index (χ2n) is 4.45. The van der Waals surface area contributed by atoms with Gasteiger partial charge < -0.3 is 10.1 Å². The molecule has 0 unspecified atom stereocenters. The van der Waals surface area contributed by atoms with Gasteiger partial charge in [-0.1, -0.05) is 12.1 Å². The summed E-state index contributed by atoms with van der Waals surface area (Å²) in [5.41, 5.74) is -0.849. The molecule has 8 heteroatoms. The average molecular weight is 318 g/mol. The maximum atomic E-state index is 13.5. The van der Waals surface area contributed by atoms with Crippen molar-refractivity contribution in [2.75, 3.05) is 12.4 Å². The van der Waals surface area contributed by atoms with Crippen molar-refractivity contribution >= 4 is 23.3 Å². The zero-order valence-corrected chi connectivity index (χ0v) is 11.9. The number of benzene rings is 2. The first kappa shape index (κ1) is 16.1. The first-order valence-electron chi connectivity index (χ1n) is 6.36. The van der Waals surface area contributed by atoms with Crippen molar-refractivity contribution in [3.63, 3.8) is 0 Å². The second-order valence-corrected chi connectivity index (χ2v) is 4.45. The number of amides is 1. The fourth-order valence-corrected chi connectivity index (χ4v) is 1.84. The lowest BCUT2D eigenvalue weighted by atomic mass is 10.1. The lowest BCUT2D eigenvalue weighted by Crippen LogP contribution is -2.14. The average Bonchev–Trinajstić information content (AvgIpc) is 2.55. The largest absolute Gasteiger partial charge is 0.465 e. The molecule has 0 aliphatic carbocycles. The van der Waals surface area contributed by atoms with Crippen LogP contribution in [0.15, 0.2) is 42.5 Å². The molecule has 0 saturated carbocycles. The first-order valence-corrected chi connectivity index (χ1v) is 6.36. The summed E-state index contributed by atoms with van der Waals surface area (Å²) in [4.78, 5) is 33.9. The molecule has 1 N–H and O–H groups in total. The topological polar surface area (TPSA) is 98.5 Å². The molecule has 1 amide bonds. The van der Waals surface area contributed by atoms with Crippen LogP contribution in [0.3, 0.4) is 0 Å². The van der Waals surface area contributed by atoms with E-state index in [-0.39, 0.29) is 16.8 Å². The van der Waals surface area contributed by atoms with E-state index in [4.69, 9.17) is 0 Å². The number of nitrogens with one attached hydrogen (secondary N) is 1. The number of anilines is 1. The Bertz CT molecular complexity index is 791. The van der Waals surface area contributed by atoms with Gasteiger partial charge in [0.15, 0.2) is 0 Å². The lowest BCUT2D eigenvalue weighted by Gasteiger charge is -2.07. The number of rotatable bonds is 4. The monoisotopic (exact) mass is 318 g/mol. The van der Waals surface area contributed by atoms with E-state index < -0.39 is 28.3 Å². The first-order chi connectivity index (χ1) is 10.9. The highest BCUT2D eigenvalue weighted by Crippen LogP contribution is 2.20. The molecule has 0 radical (unpaired) electrons. The Kier molecular flexibility index (Phi) is 4.65. The van der Waals surface area contributed by atoms with E-state index in [0.717, 1.165) is 31.4 Å². The van der Waals surface area contributed by atoms with Crippen LogP contribution < -0.4 is 5.32 Å². The van der Waals surface area contributed by atoms with Crippen LogP contribution in [0.1, 0.15) is 20.7 Å². The van der Waals surface area contributed by atoms with Gasteiger partial charge in [0.25, 0.3) is 11.6 Å². The summed E-state index contributed by atoms with van der Waals surface area (Å²) in [6.45, 7) is 0. The van der Waals surface area contributed by atoms with Crippen molar-refractivity contribution in [2.24, 2.45) is 0 Å². The number of hydrogen-bond acceptors (Lipinski definition) is 5. The van der Waals surface area contributed by atoms with E-state index in [9.17, 15) is 24.1 Å². The molecule has 23 heavy (non-hydrogen) atoms. The molecular weight excluding hydrogens is 307 g/mol. The number of ether oxygens (including phenoxy) is 1. The third-order valence-electron chi connectivity index (χ3n) is 2.93. The summed E-state index contributed by atoms with van der Waals surface area (Å²) in [5.74, 6) is -2.27. The van der Waals surface area contributed by atoms with Crippen LogP contribution in [0.25, 0.3) is 0 Å². The molecule has 0 spiro atoms. The Morgan fingerprint density at radius 3 is 2.43 bits per heavy atom. The maximum Gasteiger partial charge on any atom is 0.338 e. The number of nitro groups is 1. The Labute approximate surface area is 129 Å². The highest BCUT2D eigenvalue weighted by atomic mass is 19.1. The van der Waals surface area contributed by atoms with Crippen LogP contribution in [0.2, 0.25) is 0 Å². The fraction of sp³-hybridized carbons (Fsp3) is 0.0667. The fourth-order valence-electron chi connectivity index (χ4n) is 1.84. The standard InChI is InChI=1S/C15H11FN2O5/c1-23-15(20)10-6-9(7-11(8-10)18(21)22)14(19)17-13-5-3-2-4-12(13)16/h2-8H,1H3,(H,17,19). The third-order valence-corrected chi connectivity index (χ3v) is 2.93. The van der Waals surface area contributed by atoms with Gasteiger partial charge in [0.2, 0.25) is 0 Å². The summed E-state index contributed by atoms with van der Waals surface area (Å²) in [5, 5.41) is 13.2. The van der Waals surface area contributed by atoms with Crippen LogP contribution in [-0.2, 0) is 4.74 Å². The normalized spacial score (nSPS) is 10.0. The van der Waals surface area contributed by atoms with Gasteiger partial charge >= 0.3 is 5.97 Å². The molecule has 7 nitrogen and oxygen atoms in total. The van der Waals surface area contributed by atoms with Crippen LogP contribution in [0.4, 0.5) is 15.8 Å². The summed E-state index contributed by atoms with van der Waals surface area (Å²) < 4.78 is 18.0. The van der Waals surface area contributed by atoms with Gasteiger partial charge in [0.05, 0.1) is 23.3 Å². The van der Waals surface area contributed by atoms with Gasteiger partial charge in [0, 0.05) is 17.7 Å². The van der Waals surface area contributed by atoms with Crippen molar-refractivity contribution in [1.29, 1.82) is 0 Å². The number of non-ortho nitro benzene ring substituents is 1. The Morgan fingerprint density at radius 1 is 1.17 bits per heavy atom. The molecule has 0 saturated heterocycles. The lowest BCUT2D eigenvalue weighted by molar-refractivity contribution is -0.384. The minimum Gasteiger partial charge on any atom is -0.465 e. The highest BCUT2D eigenvalue weighted by Gasteiger charge is 2.19. The van der Waals surface area contributed by atoms with Crippen LogP contribution >= 0.6 is 0 Å². The van der Waals surface area contributed by atoms with Crippen molar-refractivity contribution < 1.29 is 23.6 Å². The number of hydrogen-bond donors (Lipinski definition) is 1. The van der Waals surface area contributed by atoms with Gasteiger partial charge in [0.1, 0.15) is 5.82 Å². The Balaban J connectivity index is 2.39. The molecule has 2 aromatic carbocycles. The predicted molar refractivity (Wildman–Crippen MR) is 78.8 cm³/mol. The maximum absolute atomic E-state index is 13.5. The summed E-state index contributed by atoms with van der Waals surface area (Å²) in [7, 11) is 1.11. The molecule has 2 aromatic rings. The number of carbonyl (C=O) groups is 2. The SMILES string of the molecule is COC(=O)c1cc(C(=O)Nc2ccccc2F)cc([N+](=O)[O-])c1. The third kappa shape index (κ3) is 3.67. The van der Waals surface area contributed by atoms with Gasteiger partial charge in [-0.15, -0.1) is 0 Å². The zero-order chi connectivity index (χ0) is 17.0. The molecule has 0 fully saturated rings. The second kappa shape index (κ2) is 6.65. The zero-order valence-electron chi connectivity index (χ0n) is 11.9. The van der Waals surface area contributed by atoms with Gasteiger partial charge in [-0.05, 0) is 18.2 Å². The Morgan fingerprint density at radius 2 is 1.83 bits per heavy atom. The predicted octanol–water partition coefficient (Wildman–Crippen LogP) is 2.77. The van der Waals surface area contributed by atoms with Crippen molar-refractivity contribution in [2.45, 2.75) is 0 Å². The number of esters is 1. The molecule has 118 valence electrons. The molecule has 0 aliphatic rings. The summed E-state index contributed by atoms with van der Waals surface area (Å²) >= 11 is 0. The minimum absolute atomic E-state index is 0.0800. The smallest absolute Gasteiger partial charge is 0.338 e. The number of methoxy groups -OCH3 is 1. The van der Waals surface area contributed by atoms with Gasteiger partial charge in [-0.2, -0.15) is 0 Å². The highest BCUT2D eigenvalue weighted by molar-refractivity contribution is 6.06. The molecule has 0 aromatic heterocycles. The van der Waals surface area contributed by atoms with E-state index in [1.165, 1.54) is 18.2 Å². The number of nitrogens with zero attached hydrogens (tertiary/aromatic N) is 1. The number of halogens is 1. The molecule has 0 heterocycles. The number of para-hydroxylation sites is 1. The van der Waals surface area contributed by atoms with E-state index in [0.29, 0.717) is 0 Å². The summed E-state index contributed by atoms with van der Waals surface area (Å²) in [6, 6.07) is 8.58. The van der Waals surface area contributed by atoms with Crippen LogP contribution in [0, 0.1) is 15.9 Å². The Hall–Kier alpha value is -3.29. The summed E-state index contributed by atoms with van der Waals surface area (Å²) in [6.07, 6.45) is 0. The molecule has 0 bridgehead atoms. The number of carbonyl (C=O) groups excluding carboxylic acids is 2. The van der Waals surface area contributed by atoms with Gasteiger partial charge in [-0.3, -0.25) is 14.9 Å². The van der Waals surface area contributed by atoms with Crippen LogP contribution in [-0.4, -0.2) is 23.9 Å². The quantitative estimate of drug-likeness (QED) is 0.531. The number of nitro benzene ring substituents is 1. The van der Waals surface area contributed by atoms with Crippen molar-refractivity contribution in [3.05, 3.63) is 69.5 Å². The molecule has 0 aliphatic heterocycles.